The van der Waals surface area contributed by atoms with E-state index >= 15 is 0 Å². The summed E-state index contributed by atoms with van der Waals surface area (Å²) in [6.45, 7) is 8.72. The van der Waals surface area contributed by atoms with Crippen LogP contribution in [0.2, 0.25) is 0 Å². The van der Waals surface area contributed by atoms with Gasteiger partial charge in [-0.25, -0.2) is 4.39 Å². The molecule has 5 nitrogen and oxygen atoms in total. The van der Waals surface area contributed by atoms with Crippen molar-refractivity contribution in [2.24, 2.45) is 0 Å². The van der Waals surface area contributed by atoms with Crippen molar-refractivity contribution in [3.8, 4) is 11.5 Å². The fraction of sp³-hybridized carbons (Fsp3) is 0.409. The van der Waals surface area contributed by atoms with E-state index in [0.717, 1.165) is 31.0 Å². The average Bonchev–Trinajstić information content (AvgIpc) is 2.66. The summed E-state index contributed by atoms with van der Waals surface area (Å²) in [4.78, 5) is 13.6. The van der Waals surface area contributed by atoms with Crippen LogP contribution in [0.1, 0.15) is 30.5 Å². The maximum Gasteiger partial charge on any atom is 0.279 e. The van der Waals surface area contributed by atoms with Crippen molar-refractivity contribution in [1.29, 1.82) is 0 Å². The number of carbonyl (C=O) groups excluding carboxylic acids is 1. The highest BCUT2D eigenvalue weighted by Crippen LogP contribution is 2.32. The smallest absolute Gasteiger partial charge is 0.279 e. The summed E-state index contributed by atoms with van der Waals surface area (Å²) in [5.74, 6) is 1.11. The Bertz CT molecular complexity index is 854. The van der Waals surface area contributed by atoms with Gasteiger partial charge in [-0.15, -0.1) is 0 Å². The Morgan fingerprint density at radius 2 is 1.79 bits per heavy atom. The van der Waals surface area contributed by atoms with E-state index in [1.165, 1.54) is 22.1 Å². The second kappa shape index (κ2) is 9.06. The molecule has 1 unspecified atom stereocenters. The average molecular weight is 387 g/mol. The molecule has 0 bridgehead atoms. The molecule has 0 saturated carbocycles. The number of hydrogen-bond acceptors (Lipinski definition) is 3. The summed E-state index contributed by atoms with van der Waals surface area (Å²) in [6, 6.07) is 8.85. The van der Waals surface area contributed by atoms with Crippen LogP contribution in [-0.2, 0) is 17.8 Å². The van der Waals surface area contributed by atoms with Crippen LogP contribution < -0.4 is 19.7 Å². The quantitative estimate of drug-likeness (QED) is 0.768. The minimum atomic E-state index is -0.314. The molecule has 0 spiro atoms. The molecule has 0 fully saturated rings. The van der Waals surface area contributed by atoms with E-state index in [-0.39, 0.29) is 11.7 Å². The van der Waals surface area contributed by atoms with Gasteiger partial charge in [0, 0.05) is 17.7 Å². The van der Waals surface area contributed by atoms with Crippen molar-refractivity contribution < 1.29 is 23.6 Å². The van der Waals surface area contributed by atoms with Gasteiger partial charge in [0.1, 0.15) is 12.4 Å². The third-order valence-electron chi connectivity index (χ3n) is 4.92. The molecule has 1 atom stereocenters. The molecule has 6 heteroatoms. The second-order valence-corrected chi connectivity index (χ2v) is 7.05. The lowest BCUT2D eigenvalue weighted by atomic mass is 9.98. The van der Waals surface area contributed by atoms with Gasteiger partial charge < -0.3 is 19.7 Å². The van der Waals surface area contributed by atoms with Gasteiger partial charge in [-0.1, -0.05) is 6.07 Å². The number of halogens is 1. The van der Waals surface area contributed by atoms with Crippen molar-refractivity contribution in [1.82, 2.24) is 0 Å². The molecule has 2 aromatic rings. The molecule has 0 aromatic heterocycles. The number of nitrogens with one attached hydrogen (secondary N) is 2. The number of ether oxygens (including phenoxy) is 2. The number of rotatable bonds is 7. The van der Waals surface area contributed by atoms with Crippen LogP contribution in [0.5, 0.6) is 11.5 Å². The zero-order chi connectivity index (χ0) is 20.1. The number of quaternary nitrogens is 1. The first-order valence-corrected chi connectivity index (χ1v) is 9.81. The van der Waals surface area contributed by atoms with Crippen LogP contribution >= 0.6 is 0 Å². The van der Waals surface area contributed by atoms with Crippen molar-refractivity contribution >= 4 is 11.6 Å². The molecule has 2 aromatic carbocycles. The Hall–Kier alpha value is -2.60. The number of hydrogen-bond donors (Lipinski definition) is 2. The molecule has 1 heterocycles. The van der Waals surface area contributed by atoms with Gasteiger partial charge >= 0.3 is 0 Å². The molecule has 0 saturated heterocycles. The number of aryl methyl sites for hydroxylation is 1. The number of anilines is 1. The minimum Gasteiger partial charge on any atom is -0.490 e. The van der Waals surface area contributed by atoms with E-state index in [2.05, 4.69) is 11.4 Å². The highest BCUT2D eigenvalue weighted by Gasteiger charge is 2.24. The molecule has 2 N–H and O–H groups in total. The van der Waals surface area contributed by atoms with Gasteiger partial charge in [-0.2, -0.15) is 0 Å². The Morgan fingerprint density at radius 1 is 1.11 bits per heavy atom. The van der Waals surface area contributed by atoms with Crippen molar-refractivity contribution in [2.75, 3.05) is 31.6 Å². The van der Waals surface area contributed by atoms with Gasteiger partial charge in [-0.3, -0.25) is 4.79 Å². The van der Waals surface area contributed by atoms with Crippen molar-refractivity contribution in [3.63, 3.8) is 0 Å². The summed E-state index contributed by atoms with van der Waals surface area (Å²) in [6.07, 6.45) is 0.879. The van der Waals surface area contributed by atoms with Crippen LogP contribution in [0.4, 0.5) is 10.1 Å². The molecule has 1 aliphatic rings. The second-order valence-electron chi connectivity index (χ2n) is 7.05. The zero-order valence-electron chi connectivity index (χ0n) is 16.7. The molecule has 28 heavy (non-hydrogen) atoms. The van der Waals surface area contributed by atoms with Gasteiger partial charge in [0.15, 0.2) is 18.0 Å². The fourth-order valence-electron chi connectivity index (χ4n) is 3.50. The highest BCUT2D eigenvalue weighted by molar-refractivity contribution is 5.91. The van der Waals surface area contributed by atoms with Crippen LogP contribution in [-0.4, -0.2) is 32.2 Å². The summed E-state index contributed by atoms with van der Waals surface area (Å²) < 4.78 is 25.1. The van der Waals surface area contributed by atoms with Crippen LogP contribution in [0, 0.1) is 12.7 Å². The number of benzene rings is 2. The molecular formula is C22H28FN2O3+. The maximum absolute atomic E-state index is 13.7. The summed E-state index contributed by atoms with van der Waals surface area (Å²) in [7, 11) is 0. The lowest BCUT2D eigenvalue weighted by Gasteiger charge is -2.26. The first kappa shape index (κ1) is 20.1. The fourth-order valence-corrected chi connectivity index (χ4v) is 3.50. The molecule has 3 rings (SSSR count). The number of amides is 1. The normalized spacial score (nSPS) is 15.6. The van der Waals surface area contributed by atoms with E-state index in [4.69, 9.17) is 9.47 Å². The largest absolute Gasteiger partial charge is 0.490 e. The van der Waals surface area contributed by atoms with Gasteiger partial charge in [0.25, 0.3) is 5.91 Å². The topological polar surface area (TPSA) is 52.0 Å². The maximum atomic E-state index is 13.7. The first-order valence-electron chi connectivity index (χ1n) is 9.81. The molecule has 0 radical (unpaired) electrons. The van der Waals surface area contributed by atoms with Crippen LogP contribution in [0.3, 0.4) is 0 Å². The zero-order valence-corrected chi connectivity index (χ0v) is 16.7. The van der Waals surface area contributed by atoms with E-state index in [1.807, 2.05) is 19.9 Å². The summed E-state index contributed by atoms with van der Waals surface area (Å²) >= 11 is 0. The van der Waals surface area contributed by atoms with Crippen LogP contribution in [0.25, 0.3) is 0 Å². The third-order valence-corrected chi connectivity index (χ3v) is 4.92. The van der Waals surface area contributed by atoms with E-state index in [1.54, 1.807) is 19.1 Å². The predicted octanol–water partition coefficient (Wildman–Crippen LogP) is 2.51. The Morgan fingerprint density at radius 3 is 2.43 bits per heavy atom. The standard InChI is InChI=1S/C22H27FN2O3/c1-4-27-20-10-16-8-9-25(13-17(16)11-21(20)28-5-2)14-22(26)24-18-7-6-15(3)19(23)12-18/h6-7,10-12H,4-5,8-9,13-14H2,1-3H3,(H,24,26)/p+1. The molecule has 150 valence electrons. The van der Waals surface area contributed by atoms with E-state index < -0.39 is 0 Å². The first-order chi connectivity index (χ1) is 13.5. The molecule has 1 aliphatic heterocycles. The van der Waals surface area contributed by atoms with Crippen molar-refractivity contribution in [3.05, 3.63) is 52.8 Å². The van der Waals surface area contributed by atoms with Gasteiger partial charge in [-0.05, 0) is 56.2 Å². The van der Waals surface area contributed by atoms with Gasteiger partial charge in [0.2, 0.25) is 0 Å². The molecule has 1 amide bonds. The summed E-state index contributed by atoms with van der Waals surface area (Å²) in [5.41, 5.74) is 3.48. The highest BCUT2D eigenvalue weighted by atomic mass is 19.1. The number of carbonyl (C=O) groups is 1. The Kier molecular flexibility index (Phi) is 6.52. The predicted molar refractivity (Wildman–Crippen MR) is 107 cm³/mol. The van der Waals surface area contributed by atoms with Crippen LogP contribution in [0.15, 0.2) is 30.3 Å². The Balaban J connectivity index is 1.66. The number of fused-ring (bicyclic) bond motifs is 1. The van der Waals surface area contributed by atoms with Crippen molar-refractivity contribution in [2.45, 2.75) is 33.7 Å². The lowest BCUT2D eigenvalue weighted by Crippen LogP contribution is -3.12. The summed E-state index contributed by atoms with van der Waals surface area (Å²) in [5, 5.41) is 2.79. The Labute approximate surface area is 165 Å². The van der Waals surface area contributed by atoms with Gasteiger partial charge in [0.05, 0.1) is 19.8 Å². The molecule has 0 aliphatic carbocycles. The third kappa shape index (κ3) is 4.81. The van der Waals surface area contributed by atoms with E-state index in [0.29, 0.717) is 31.0 Å². The molecular weight excluding hydrogens is 359 g/mol. The minimum absolute atomic E-state index is 0.113. The lowest BCUT2D eigenvalue weighted by molar-refractivity contribution is -0.907. The van der Waals surface area contributed by atoms with E-state index in [9.17, 15) is 9.18 Å². The monoisotopic (exact) mass is 387 g/mol. The SMILES string of the molecule is CCOc1cc2c(cc1OCC)C[NH+](CC(=O)Nc1ccc(C)c(F)c1)CC2.